The van der Waals surface area contributed by atoms with Gasteiger partial charge < -0.3 is 5.32 Å². The van der Waals surface area contributed by atoms with E-state index in [2.05, 4.69) is 17.4 Å². The van der Waals surface area contributed by atoms with Gasteiger partial charge in [-0.3, -0.25) is 4.79 Å². The fourth-order valence-electron chi connectivity index (χ4n) is 2.38. The van der Waals surface area contributed by atoms with Crippen LogP contribution in [0.4, 0.5) is 5.69 Å². The first-order valence-electron chi connectivity index (χ1n) is 7.55. The molecule has 1 aliphatic rings. The molecule has 2 nitrogen and oxygen atoms in total. The summed E-state index contributed by atoms with van der Waals surface area (Å²) in [6.45, 7) is 0. The second kappa shape index (κ2) is 8.18. The average molecular weight is 362 g/mol. The third kappa shape index (κ3) is 4.49. The molecule has 1 heterocycles. The van der Waals surface area contributed by atoms with Crippen LogP contribution in [-0.2, 0) is 0 Å². The standard InChI is InChI=1S/C18H19NOS3/c1-21-16-5-2-4-15(12-16)19-17(20)13-6-8-14(9-7-13)18-22-10-3-11-23-18/h2,4-9,12,18H,3,10-11H2,1H3,(H,19,20). The maximum absolute atomic E-state index is 12.4. The van der Waals surface area contributed by atoms with Crippen molar-refractivity contribution in [2.45, 2.75) is 15.9 Å². The molecular formula is C18H19NOS3. The van der Waals surface area contributed by atoms with Crippen molar-refractivity contribution < 1.29 is 4.79 Å². The van der Waals surface area contributed by atoms with Gasteiger partial charge in [0.1, 0.15) is 0 Å². The highest BCUT2D eigenvalue weighted by Gasteiger charge is 2.17. The summed E-state index contributed by atoms with van der Waals surface area (Å²) in [6.07, 6.45) is 3.32. The number of thioether (sulfide) groups is 3. The van der Waals surface area contributed by atoms with Gasteiger partial charge in [0.05, 0.1) is 4.58 Å². The molecule has 0 unspecified atom stereocenters. The van der Waals surface area contributed by atoms with Gasteiger partial charge in [-0.2, -0.15) is 0 Å². The van der Waals surface area contributed by atoms with Gasteiger partial charge >= 0.3 is 0 Å². The summed E-state index contributed by atoms with van der Waals surface area (Å²) in [5.74, 6) is 2.40. The van der Waals surface area contributed by atoms with Gasteiger partial charge in [-0.25, -0.2) is 0 Å². The Balaban J connectivity index is 1.67. The lowest BCUT2D eigenvalue weighted by atomic mass is 10.1. The Morgan fingerprint density at radius 1 is 1.13 bits per heavy atom. The highest BCUT2D eigenvalue weighted by atomic mass is 32.2. The van der Waals surface area contributed by atoms with Crippen molar-refractivity contribution in [3.8, 4) is 0 Å². The summed E-state index contributed by atoms with van der Waals surface area (Å²) in [4.78, 5) is 13.5. The molecule has 0 atom stereocenters. The summed E-state index contributed by atoms with van der Waals surface area (Å²) in [7, 11) is 0. The Kier molecular flexibility index (Phi) is 5.97. The Morgan fingerprint density at radius 3 is 2.57 bits per heavy atom. The highest BCUT2D eigenvalue weighted by Crippen LogP contribution is 2.43. The van der Waals surface area contributed by atoms with Gasteiger partial charge in [0.15, 0.2) is 0 Å². The average Bonchev–Trinajstić information content (AvgIpc) is 2.63. The van der Waals surface area contributed by atoms with Crippen molar-refractivity contribution in [3.05, 3.63) is 59.7 Å². The lowest BCUT2D eigenvalue weighted by Crippen LogP contribution is -2.12. The van der Waals surface area contributed by atoms with E-state index in [0.717, 1.165) is 10.6 Å². The molecule has 0 saturated carbocycles. The molecule has 0 aromatic heterocycles. The van der Waals surface area contributed by atoms with Crippen molar-refractivity contribution in [2.24, 2.45) is 0 Å². The first kappa shape index (κ1) is 16.8. The molecule has 0 spiro atoms. The highest BCUT2D eigenvalue weighted by molar-refractivity contribution is 8.16. The minimum absolute atomic E-state index is 0.0567. The van der Waals surface area contributed by atoms with Crippen LogP contribution in [0.3, 0.4) is 0 Å². The molecule has 120 valence electrons. The molecule has 0 aliphatic carbocycles. The molecule has 1 N–H and O–H groups in total. The summed E-state index contributed by atoms with van der Waals surface area (Å²) < 4.78 is 0.513. The van der Waals surface area contributed by atoms with E-state index >= 15 is 0 Å². The van der Waals surface area contributed by atoms with Gasteiger partial charge in [0.2, 0.25) is 0 Å². The topological polar surface area (TPSA) is 29.1 Å². The Morgan fingerprint density at radius 2 is 1.87 bits per heavy atom. The van der Waals surface area contributed by atoms with Crippen LogP contribution in [0.5, 0.6) is 0 Å². The number of carbonyl (C=O) groups is 1. The van der Waals surface area contributed by atoms with E-state index in [-0.39, 0.29) is 5.91 Å². The van der Waals surface area contributed by atoms with Crippen LogP contribution in [0.1, 0.15) is 26.9 Å². The van der Waals surface area contributed by atoms with Crippen molar-refractivity contribution in [3.63, 3.8) is 0 Å². The van der Waals surface area contributed by atoms with Gasteiger partial charge in [0.25, 0.3) is 5.91 Å². The summed E-state index contributed by atoms with van der Waals surface area (Å²) in [6, 6.07) is 15.9. The van der Waals surface area contributed by atoms with Crippen molar-refractivity contribution in [1.82, 2.24) is 0 Å². The van der Waals surface area contributed by atoms with Crippen LogP contribution in [-0.4, -0.2) is 23.7 Å². The number of rotatable bonds is 4. The van der Waals surface area contributed by atoms with Crippen LogP contribution in [0.25, 0.3) is 0 Å². The minimum Gasteiger partial charge on any atom is -0.322 e. The van der Waals surface area contributed by atoms with Crippen LogP contribution >= 0.6 is 35.3 Å². The number of amides is 1. The molecule has 3 rings (SSSR count). The largest absolute Gasteiger partial charge is 0.322 e. The molecular weight excluding hydrogens is 342 g/mol. The number of carbonyl (C=O) groups excluding carboxylic acids is 1. The molecule has 2 aromatic carbocycles. The number of nitrogens with one attached hydrogen (secondary N) is 1. The van der Waals surface area contributed by atoms with Crippen molar-refractivity contribution in [2.75, 3.05) is 23.1 Å². The van der Waals surface area contributed by atoms with Gasteiger partial charge in [-0.15, -0.1) is 35.3 Å². The van der Waals surface area contributed by atoms with E-state index in [9.17, 15) is 4.79 Å². The number of hydrogen-bond donors (Lipinski definition) is 1. The molecule has 1 amide bonds. The smallest absolute Gasteiger partial charge is 0.255 e. The Bertz CT molecular complexity index is 666. The number of benzene rings is 2. The molecule has 1 fully saturated rings. The summed E-state index contributed by atoms with van der Waals surface area (Å²) >= 11 is 5.66. The van der Waals surface area contributed by atoms with Crippen LogP contribution in [0.2, 0.25) is 0 Å². The van der Waals surface area contributed by atoms with Gasteiger partial charge in [-0.1, -0.05) is 18.2 Å². The van der Waals surface area contributed by atoms with Crippen LogP contribution < -0.4 is 5.32 Å². The molecule has 2 aromatic rings. The first-order chi connectivity index (χ1) is 11.3. The summed E-state index contributed by atoms with van der Waals surface area (Å²) in [5.41, 5.74) is 2.85. The minimum atomic E-state index is -0.0567. The Hall–Kier alpha value is -1.04. The fraction of sp³-hybridized carbons (Fsp3) is 0.278. The van der Waals surface area contributed by atoms with E-state index in [4.69, 9.17) is 0 Å². The lowest BCUT2D eigenvalue weighted by molar-refractivity contribution is 0.102. The van der Waals surface area contributed by atoms with E-state index < -0.39 is 0 Å². The maximum atomic E-state index is 12.4. The third-order valence-corrected chi connectivity index (χ3v) is 7.34. The molecule has 0 bridgehead atoms. The monoisotopic (exact) mass is 361 g/mol. The predicted octanol–water partition coefficient (Wildman–Crippen LogP) is 5.53. The van der Waals surface area contributed by atoms with Crippen LogP contribution in [0.15, 0.2) is 53.4 Å². The fourth-order valence-corrected chi connectivity index (χ4v) is 5.73. The zero-order valence-electron chi connectivity index (χ0n) is 13.0. The van der Waals surface area contributed by atoms with E-state index in [1.54, 1.807) is 11.8 Å². The second-order valence-electron chi connectivity index (χ2n) is 5.24. The van der Waals surface area contributed by atoms with E-state index in [1.807, 2.05) is 66.2 Å². The van der Waals surface area contributed by atoms with Crippen molar-refractivity contribution >= 4 is 46.9 Å². The van der Waals surface area contributed by atoms with Crippen molar-refractivity contribution in [1.29, 1.82) is 0 Å². The number of hydrogen-bond acceptors (Lipinski definition) is 4. The molecule has 0 radical (unpaired) electrons. The van der Waals surface area contributed by atoms with Gasteiger partial charge in [-0.05, 0) is 60.1 Å². The van der Waals surface area contributed by atoms with E-state index in [0.29, 0.717) is 10.1 Å². The quantitative estimate of drug-likeness (QED) is 0.725. The molecule has 5 heteroatoms. The summed E-state index contributed by atoms with van der Waals surface area (Å²) in [5, 5.41) is 2.97. The lowest BCUT2D eigenvalue weighted by Gasteiger charge is -2.21. The molecule has 23 heavy (non-hydrogen) atoms. The SMILES string of the molecule is CSc1cccc(NC(=O)c2ccc(C3SCCCS3)cc2)c1. The van der Waals surface area contributed by atoms with Gasteiger partial charge in [0, 0.05) is 16.1 Å². The Labute approximate surface area is 150 Å². The molecule has 1 aliphatic heterocycles. The van der Waals surface area contributed by atoms with Crippen LogP contribution in [0, 0.1) is 0 Å². The third-order valence-electron chi connectivity index (χ3n) is 3.60. The normalized spacial score (nSPS) is 15.3. The molecule has 1 saturated heterocycles. The first-order valence-corrected chi connectivity index (χ1v) is 10.9. The zero-order chi connectivity index (χ0) is 16.1. The predicted molar refractivity (Wildman–Crippen MR) is 105 cm³/mol. The number of anilines is 1. The zero-order valence-corrected chi connectivity index (χ0v) is 15.4. The van der Waals surface area contributed by atoms with E-state index in [1.165, 1.54) is 23.5 Å². The maximum Gasteiger partial charge on any atom is 0.255 e. The second-order valence-corrected chi connectivity index (χ2v) is 8.84.